The van der Waals surface area contributed by atoms with Crippen LogP contribution in [-0.2, 0) is 11.3 Å². The molecule has 5 heteroatoms. The summed E-state index contributed by atoms with van der Waals surface area (Å²) < 4.78 is 5.30. The number of rotatable bonds is 3. The summed E-state index contributed by atoms with van der Waals surface area (Å²) in [6.07, 6.45) is 2.31. The highest BCUT2D eigenvalue weighted by Crippen LogP contribution is 2.29. The molecule has 1 saturated heterocycles. The standard InChI is InChI=1S/C13H18N2O2S/c16-13(14-4-6-17-7-5-14)15(12-1-2-12)9-11-3-8-18-10-11/h3,8,10,12H,1-2,4-7,9H2. The summed E-state index contributed by atoms with van der Waals surface area (Å²) in [5.74, 6) is 0. The Labute approximate surface area is 111 Å². The van der Waals surface area contributed by atoms with Crippen LogP contribution in [-0.4, -0.2) is 48.2 Å². The molecule has 18 heavy (non-hydrogen) atoms. The molecule has 1 saturated carbocycles. The second-order valence-electron chi connectivity index (χ2n) is 4.87. The maximum Gasteiger partial charge on any atom is 0.320 e. The lowest BCUT2D eigenvalue weighted by Gasteiger charge is -2.33. The van der Waals surface area contributed by atoms with E-state index in [1.807, 2.05) is 9.80 Å². The minimum absolute atomic E-state index is 0.187. The normalized spacial score (nSPS) is 19.9. The van der Waals surface area contributed by atoms with Crippen LogP contribution in [0.5, 0.6) is 0 Å². The number of carbonyl (C=O) groups excluding carboxylic acids is 1. The second kappa shape index (κ2) is 5.28. The molecule has 0 atom stereocenters. The summed E-state index contributed by atoms with van der Waals surface area (Å²) in [6.45, 7) is 3.55. The largest absolute Gasteiger partial charge is 0.378 e. The van der Waals surface area contributed by atoms with Gasteiger partial charge in [-0.1, -0.05) is 0 Å². The van der Waals surface area contributed by atoms with Crippen LogP contribution in [0.3, 0.4) is 0 Å². The van der Waals surface area contributed by atoms with E-state index in [9.17, 15) is 4.79 Å². The van der Waals surface area contributed by atoms with E-state index in [-0.39, 0.29) is 6.03 Å². The lowest BCUT2D eigenvalue weighted by Crippen LogP contribution is -2.48. The number of thiophene rings is 1. The molecule has 1 aromatic rings. The number of nitrogens with zero attached hydrogens (tertiary/aromatic N) is 2. The number of amides is 2. The predicted octanol–water partition coefficient (Wildman–Crippen LogP) is 2.16. The topological polar surface area (TPSA) is 32.8 Å². The first-order chi connectivity index (χ1) is 8.84. The smallest absolute Gasteiger partial charge is 0.320 e. The number of carbonyl (C=O) groups is 1. The van der Waals surface area contributed by atoms with Gasteiger partial charge in [-0.25, -0.2) is 4.79 Å². The summed E-state index contributed by atoms with van der Waals surface area (Å²) >= 11 is 1.69. The van der Waals surface area contributed by atoms with Gasteiger partial charge >= 0.3 is 6.03 Å². The van der Waals surface area contributed by atoms with E-state index < -0.39 is 0 Å². The van der Waals surface area contributed by atoms with Gasteiger partial charge in [0.25, 0.3) is 0 Å². The third kappa shape index (κ3) is 2.67. The molecule has 0 N–H and O–H groups in total. The SMILES string of the molecule is O=C(N1CCOCC1)N(Cc1ccsc1)C1CC1. The maximum absolute atomic E-state index is 12.5. The van der Waals surface area contributed by atoms with Gasteiger partial charge in [-0.05, 0) is 35.2 Å². The fraction of sp³-hybridized carbons (Fsp3) is 0.615. The lowest BCUT2D eigenvalue weighted by molar-refractivity contribution is 0.0418. The van der Waals surface area contributed by atoms with Crippen LogP contribution < -0.4 is 0 Å². The third-order valence-corrected chi connectivity index (χ3v) is 4.18. The van der Waals surface area contributed by atoms with E-state index in [1.165, 1.54) is 5.56 Å². The first-order valence-electron chi connectivity index (χ1n) is 6.49. The van der Waals surface area contributed by atoms with Gasteiger partial charge in [0, 0.05) is 25.7 Å². The van der Waals surface area contributed by atoms with Gasteiger partial charge < -0.3 is 14.5 Å². The highest BCUT2D eigenvalue weighted by molar-refractivity contribution is 7.07. The Morgan fingerprint density at radius 3 is 2.83 bits per heavy atom. The Balaban J connectivity index is 1.66. The van der Waals surface area contributed by atoms with Crippen LogP contribution in [0.4, 0.5) is 4.79 Å². The summed E-state index contributed by atoms with van der Waals surface area (Å²) in [5.41, 5.74) is 1.24. The van der Waals surface area contributed by atoms with Crippen molar-refractivity contribution in [2.75, 3.05) is 26.3 Å². The molecule has 0 unspecified atom stereocenters. The van der Waals surface area contributed by atoms with Crippen molar-refractivity contribution in [2.24, 2.45) is 0 Å². The minimum atomic E-state index is 0.187. The molecule has 98 valence electrons. The van der Waals surface area contributed by atoms with Crippen LogP contribution in [0.2, 0.25) is 0 Å². The first-order valence-corrected chi connectivity index (χ1v) is 7.43. The Kier molecular flexibility index (Phi) is 3.52. The van der Waals surface area contributed by atoms with Gasteiger partial charge in [-0.2, -0.15) is 11.3 Å². The van der Waals surface area contributed by atoms with E-state index in [1.54, 1.807) is 11.3 Å². The van der Waals surface area contributed by atoms with Crippen LogP contribution in [0.25, 0.3) is 0 Å². The van der Waals surface area contributed by atoms with Gasteiger partial charge in [0.05, 0.1) is 13.2 Å². The van der Waals surface area contributed by atoms with E-state index in [2.05, 4.69) is 16.8 Å². The molecule has 2 amide bonds. The molecule has 1 aliphatic heterocycles. The Morgan fingerprint density at radius 1 is 1.44 bits per heavy atom. The number of ether oxygens (including phenoxy) is 1. The maximum atomic E-state index is 12.5. The highest BCUT2D eigenvalue weighted by atomic mass is 32.1. The van der Waals surface area contributed by atoms with E-state index in [4.69, 9.17) is 4.74 Å². The fourth-order valence-electron chi connectivity index (χ4n) is 2.25. The fourth-order valence-corrected chi connectivity index (χ4v) is 2.91. The molecule has 2 aliphatic rings. The van der Waals surface area contributed by atoms with Crippen LogP contribution >= 0.6 is 11.3 Å². The molecular weight excluding hydrogens is 248 g/mol. The number of hydrogen-bond donors (Lipinski definition) is 0. The van der Waals surface area contributed by atoms with Crippen molar-refractivity contribution in [2.45, 2.75) is 25.4 Å². The van der Waals surface area contributed by atoms with Crippen LogP contribution in [0.15, 0.2) is 16.8 Å². The van der Waals surface area contributed by atoms with Crippen molar-refractivity contribution in [3.8, 4) is 0 Å². The van der Waals surface area contributed by atoms with Gasteiger partial charge in [0.2, 0.25) is 0 Å². The first kappa shape index (κ1) is 12.0. The highest BCUT2D eigenvalue weighted by Gasteiger charge is 2.35. The molecule has 2 fully saturated rings. The molecule has 0 aromatic carbocycles. The third-order valence-electron chi connectivity index (χ3n) is 3.45. The Hall–Kier alpha value is -1.07. The number of morpholine rings is 1. The van der Waals surface area contributed by atoms with Crippen LogP contribution in [0.1, 0.15) is 18.4 Å². The van der Waals surface area contributed by atoms with Gasteiger partial charge in [0.1, 0.15) is 0 Å². The zero-order chi connectivity index (χ0) is 12.4. The molecular formula is C13H18N2O2S. The molecule has 3 rings (SSSR count). The second-order valence-corrected chi connectivity index (χ2v) is 5.65. The van der Waals surface area contributed by atoms with Crippen molar-refractivity contribution in [3.63, 3.8) is 0 Å². The van der Waals surface area contributed by atoms with Gasteiger partial charge in [-0.3, -0.25) is 0 Å². The molecule has 0 bridgehead atoms. The molecule has 4 nitrogen and oxygen atoms in total. The molecule has 0 spiro atoms. The number of urea groups is 1. The summed E-state index contributed by atoms with van der Waals surface area (Å²) in [7, 11) is 0. The summed E-state index contributed by atoms with van der Waals surface area (Å²) in [5, 5.41) is 4.20. The van der Waals surface area contributed by atoms with Gasteiger partial charge in [0.15, 0.2) is 0 Å². The van der Waals surface area contributed by atoms with Gasteiger partial charge in [-0.15, -0.1) is 0 Å². The molecule has 2 heterocycles. The molecule has 1 aliphatic carbocycles. The summed E-state index contributed by atoms with van der Waals surface area (Å²) in [6, 6.07) is 2.75. The van der Waals surface area contributed by atoms with E-state index in [0.29, 0.717) is 19.3 Å². The molecule has 0 radical (unpaired) electrons. The van der Waals surface area contributed by atoms with Crippen molar-refractivity contribution < 1.29 is 9.53 Å². The monoisotopic (exact) mass is 266 g/mol. The average molecular weight is 266 g/mol. The van der Waals surface area contributed by atoms with Crippen molar-refractivity contribution in [1.82, 2.24) is 9.80 Å². The van der Waals surface area contributed by atoms with E-state index in [0.717, 1.165) is 32.5 Å². The zero-order valence-electron chi connectivity index (χ0n) is 10.4. The quantitative estimate of drug-likeness (QED) is 0.840. The Bertz CT molecular complexity index is 397. The lowest BCUT2D eigenvalue weighted by atomic mass is 10.3. The van der Waals surface area contributed by atoms with Crippen molar-refractivity contribution in [3.05, 3.63) is 22.4 Å². The predicted molar refractivity (Wildman–Crippen MR) is 70.7 cm³/mol. The van der Waals surface area contributed by atoms with Crippen LogP contribution in [0, 0.1) is 0 Å². The zero-order valence-corrected chi connectivity index (χ0v) is 11.2. The Morgan fingerprint density at radius 2 is 2.22 bits per heavy atom. The van der Waals surface area contributed by atoms with Crippen molar-refractivity contribution >= 4 is 17.4 Å². The summed E-state index contributed by atoms with van der Waals surface area (Å²) in [4.78, 5) is 16.5. The molecule has 1 aromatic heterocycles. The average Bonchev–Trinajstić information content (AvgIpc) is 3.13. The van der Waals surface area contributed by atoms with Crippen molar-refractivity contribution in [1.29, 1.82) is 0 Å². The number of hydrogen-bond acceptors (Lipinski definition) is 3. The minimum Gasteiger partial charge on any atom is -0.378 e. The van der Waals surface area contributed by atoms with E-state index >= 15 is 0 Å².